The molecule has 4 radical (unpaired) electrons. The number of rotatable bonds is 10. The quantitative estimate of drug-likeness (QED) is 0.0700. The van der Waals surface area contributed by atoms with Gasteiger partial charge in [-0.25, -0.2) is 9.24 Å². The van der Waals surface area contributed by atoms with E-state index in [1.165, 1.54) is 12.8 Å². The van der Waals surface area contributed by atoms with Crippen LogP contribution in [0, 0.1) is 32.3 Å². The van der Waals surface area contributed by atoms with Crippen molar-refractivity contribution in [3.63, 3.8) is 0 Å². The number of benzene rings is 1. The van der Waals surface area contributed by atoms with E-state index >= 15 is 0 Å². The molecule has 1 atom stereocenters. The molecule has 0 bridgehead atoms. The van der Waals surface area contributed by atoms with E-state index in [0.717, 1.165) is 19.0 Å². The molecule has 1 aromatic carbocycles. The average molecular weight is 576 g/mol. The predicted octanol–water partition coefficient (Wildman–Crippen LogP) is 8.62. The van der Waals surface area contributed by atoms with Crippen molar-refractivity contribution in [1.29, 1.82) is 0 Å². The second-order valence-electron chi connectivity index (χ2n) is 4.78. The second kappa shape index (κ2) is 19.8. The third kappa shape index (κ3) is 17.5. The Bertz CT molecular complexity index is 623. The van der Waals surface area contributed by atoms with Crippen molar-refractivity contribution >= 4 is 33.8 Å². The van der Waals surface area contributed by atoms with Gasteiger partial charge in [-0.3, -0.25) is 0 Å². The summed E-state index contributed by atoms with van der Waals surface area (Å²) in [6.07, 6.45) is 5.08. The summed E-state index contributed by atoms with van der Waals surface area (Å²) in [5.41, 5.74) is 0.837. The van der Waals surface area contributed by atoms with Crippen LogP contribution in [0.25, 0.3) is 0 Å². The van der Waals surface area contributed by atoms with Gasteiger partial charge in [-0.1, -0.05) is 30.3 Å². The first-order chi connectivity index (χ1) is 13.9. The van der Waals surface area contributed by atoms with Crippen LogP contribution < -0.4 is 0 Å². The Balaban J connectivity index is -0.000000604. The van der Waals surface area contributed by atoms with E-state index in [2.05, 4.69) is 6.65 Å². The number of unbranched alkanes of at least 4 members (excludes halogenated alkanes) is 1. The van der Waals surface area contributed by atoms with Crippen LogP contribution in [-0.2, 0) is 26.3 Å². The van der Waals surface area contributed by atoms with Crippen LogP contribution >= 0.6 is 33.8 Å². The molecule has 17 heteroatoms. The topological polar surface area (TPSA) is 43.5 Å². The molecule has 178 valence electrons. The Morgan fingerprint density at radius 2 is 1.39 bits per heavy atom. The molecule has 1 aromatic rings. The summed E-state index contributed by atoms with van der Waals surface area (Å²) >= 11 is 0. The maximum absolute atomic E-state index is 12.9. The van der Waals surface area contributed by atoms with Crippen molar-refractivity contribution in [1.82, 2.24) is 9.11 Å². The molecule has 1 rings (SSSR count). The summed E-state index contributed by atoms with van der Waals surface area (Å²) in [5.74, 6) is -2.07. The summed E-state index contributed by atoms with van der Waals surface area (Å²) in [6, 6.07) is 9.02. The third-order valence-corrected chi connectivity index (χ3v) is 6.58. The second-order valence-corrected chi connectivity index (χ2v) is 9.75. The van der Waals surface area contributed by atoms with Gasteiger partial charge in [0.2, 0.25) is 0 Å². The summed E-state index contributed by atoms with van der Waals surface area (Å²) in [5, 5.41) is 0. The van der Waals surface area contributed by atoms with Crippen molar-refractivity contribution in [3.05, 3.63) is 68.2 Å². The first kappa shape index (κ1) is 35.9. The van der Waals surface area contributed by atoms with Gasteiger partial charge in [0, 0.05) is 24.1 Å². The number of nitrogens with zero attached hydrogens (tertiary/aromatic N) is 2. The van der Waals surface area contributed by atoms with E-state index in [1.807, 2.05) is 6.07 Å². The van der Waals surface area contributed by atoms with Gasteiger partial charge in [0.25, 0.3) is 0 Å². The molecule has 0 aliphatic carbocycles. The van der Waals surface area contributed by atoms with Crippen LogP contribution in [0.4, 0.5) is 33.6 Å². The minimum absolute atomic E-state index is 0. The third-order valence-electron chi connectivity index (χ3n) is 2.85. The zero-order valence-electron chi connectivity index (χ0n) is 15.7. The molecule has 1 unspecified atom stereocenters. The zero-order valence-corrected chi connectivity index (χ0v) is 20.3. The predicted molar refractivity (Wildman–Crippen MR) is 103 cm³/mol. The van der Waals surface area contributed by atoms with Gasteiger partial charge in [-0.05, 0) is 38.3 Å². The standard InChI is InChI=1S/C12H13F4NOP2.CH3F4NP2.CO.Fe/c1-17(19(13)14)12(20(15,16)18)10-6-5-9-11-7-3-2-4-8-11;1-6(7(2)3)8(4)5;1-2;/h2-10,12H,1H3;1H3;;. The van der Waals surface area contributed by atoms with E-state index in [4.69, 9.17) is 4.65 Å². The molecule has 0 aliphatic heterocycles. The Morgan fingerprint density at radius 3 is 1.71 bits per heavy atom. The summed E-state index contributed by atoms with van der Waals surface area (Å²) in [6.45, 7) is 4.50. The van der Waals surface area contributed by atoms with Gasteiger partial charge >= 0.3 is 45.1 Å². The summed E-state index contributed by atoms with van der Waals surface area (Å²) < 4.78 is 114. The summed E-state index contributed by atoms with van der Waals surface area (Å²) in [7, 11) is -15.0. The van der Waals surface area contributed by atoms with Crippen molar-refractivity contribution in [3.8, 4) is 0 Å². The largest absolute Gasteiger partial charge is 0 e. The minimum atomic E-state index is -5.66. The van der Waals surface area contributed by atoms with Crippen LogP contribution in [0.3, 0.4) is 0 Å². The van der Waals surface area contributed by atoms with Crippen LogP contribution in [0.1, 0.15) is 5.56 Å². The fourth-order valence-electron chi connectivity index (χ4n) is 1.45. The van der Waals surface area contributed by atoms with E-state index in [-0.39, 0.29) is 26.2 Å². The molecular formula is C14H16F8FeN2O2P4. The van der Waals surface area contributed by atoms with Crippen molar-refractivity contribution in [2.24, 2.45) is 0 Å². The maximum Gasteiger partial charge on any atom is 0 e. The smallest absolute Gasteiger partial charge is 0 e. The van der Waals surface area contributed by atoms with Crippen molar-refractivity contribution < 1.29 is 59.9 Å². The number of hydrogen-bond donors (Lipinski definition) is 0. The molecule has 4 nitrogen and oxygen atoms in total. The Morgan fingerprint density at radius 1 is 0.935 bits per heavy atom. The maximum atomic E-state index is 12.9. The monoisotopic (exact) mass is 576 g/mol. The molecule has 0 spiro atoms. The fraction of sp³-hybridized carbons (Fsp3) is 0.214. The molecule has 0 amide bonds. The first-order valence-corrected chi connectivity index (χ1v) is 12.1. The molecular weight excluding hydrogens is 560 g/mol. The van der Waals surface area contributed by atoms with Gasteiger partial charge in [-0.15, -0.1) is 0 Å². The first-order valence-electron chi connectivity index (χ1n) is 7.28. The molecule has 0 N–H and O–H groups in total. The molecule has 0 saturated carbocycles. The van der Waals surface area contributed by atoms with Crippen LogP contribution in [0.5, 0.6) is 0 Å². The molecule has 0 fully saturated rings. The van der Waals surface area contributed by atoms with E-state index in [1.54, 1.807) is 30.7 Å². The minimum Gasteiger partial charge on any atom is 0 e. The average Bonchev–Trinajstić information content (AvgIpc) is 2.68. The molecule has 0 heterocycles. The number of halogens is 8. The Labute approximate surface area is 191 Å². The van der Waals surface area contributed by atoms with E-state index < -0.39 is 39.6 Å². The molecule has 31 heavy (non-hydrogen) atoms. The van der Waals surface area contributed by atoms with Crippen LogP contribution in [-0.4, -0.2) is 29.0 Å². The Kier molecular flexibility index (Phi) is 22.9. The van der Waals surface area contributed by atoms with Crippen molar-refractivity contribution in [2.45, 2.75) is 5.78 Å². The van der Waals surface area contributed by atoms with Crippen LogP contribution in [0.2, 0.25) is 0 Å². The van der Waals surface area contributed by atoms with Crippen LogP contribution in [0.15, 0.2) is 30.3 Å². The van der Waals surface area contributed by atoms with Gasteiger partial charge in [-0.2, -0.15) is 38.0 Å². The fourth-order valence-corrected chi connectivity index (χ4v) is 3.40. The normalized spacial score (nSPS) is 12.2. The van der Waals surface area contributed by atoms with Gasteiger partial charge in [0.15, 0.2) is 0 Å². The summed E-state index contributed by atoms with van der Waals surface area (Å²) in [4.78, 5) is 0. The van der Waals surface area contributed by atoms with Gasteiger partial charge in [0.1, 0.15) is 5.78 Å². The van der Waals surface area contributed by atoms with Crippen molar-refractivity contribution in [2.75, 3.05) is 14.1 Å². The Hall–Kier alpha value is 0.359. The van der Waals surface area contributed by atoms with Gasteiger partial charge < -0.3 is 0 Å². The molecule has 0 aliphatic rings. The van der Waals surface area contributed by atoms with Gasteiger partial charge in [0.05, 0.1) is 0 Å². The van der Waals surface area contributed by atoms with E-state index in [9.17, 15) is 38.1 Å². The SMILES string of the molecule is CN(C([CH][CH][CH][CH]c1ccccc1)P(=O)(F)F)P(F)F.CN(P(F)F)P(F)F.[C-]#[O+].[Fe]. The van der Waals surface area contributed by atoms with E-state index in [0.29, 0.717) is 7.05 Å². The zero-order chi connectivity index (χ0) is 23.9. The molecule has 0 aromatic heterocycles. The molecule has 0 saturated heterocycles. The number of hydrogen-bond acceptors (Lipinski definition) is 3.